The highest BCUT2D eigenvalue weighted by molar-refractivity contribution is 6.12. The van der Waals surface area contributed by atoms with Crippen LogP contribution in [0.25, 0.3) is 11.0 Å². The fraction of sp³-hybridized carbons (Fsp3) is 0.216. The van der Waals surface area contributed by atoms with Gasteiger partial charge in [0, 0.05) is 30.9 Å². The fourth-order valence-electron chi connectivity index (χ4n) is 5.24. The fourth-order valence-corrected chi connectivity index (χ4v) is 5.24. The number of methoxy groups -OCH3 is 3. The number of phenols is 1. The summed E-state index contributed by atoms with van der Waals surface area (Å²) in [5.41, 5.74) is 2.83. The van der Waals surface area contributed by atoms with Crippen LogP contribution >= 0.6 is 0 Å². The molecule has 0 aliphatic carbocycles. The molecule has 0 aliphatic rings. The molecular weight excluding hydrogens is 614 g/mol. The first-order chi connectivity index (χ1) is 23.2. The van der Waals surface area contributed by atoms with Crippen LogP contribution in [0.15, 0.2) is 94.1 Å². The molecule has 2 amide bonds. The number of hydrogen-bond donors (Lipinski definition) is 3. The van der Waals surface area contributed by atoms with Crippen molar-refractivity contribution in [1.29, 1.82) is 0 Å². The molecule has 1 aromatic heterocycles. The number of carbonyl (C=O) groups excluding carboxylic acids is 2. The number of aromatic hydroxyl groups is 1. The molecule has 5 aromatic rings. The molecule has 4 aromatic carbocycles. The zero-order valence-corrected chi connectivity index (χ0v) is 27.2. The Morgan fingerprint density at radius 3 is 2.19 bits per heavy atom. The average Bonchev–Trinajstić information content (AvgIpc) is 3.11. The lowest BCUT2D eigenvalue weighted by atomic mass is 10.1. The van der Waals surface area contributed by atoms with Gasteiger partial charge in [-0.2, -0.15) is 0 Å². The predicted octanol–water partition coefficient (Wildman–Crippen LogP) is 6.09. The molecule has 0 aliphatic heterocycles. The Kier molecular flexibility index (Phi) is 10.6. The van der Waals surface area contributed by atoms with Gasteiger partial charge in [-0.3, -0.25) is 19.3 Å². The Morgan fingerprint density at radius 1 is 0.792 bits per heavy atom. The Morgan fingerprint density at radius 2 is 1.48 bits per heavy atom. The van der Waals surface area contributed by atoms with E-state index in [1.54, 1.807) is 30.3 Å². The molecule has 3 N–H and O–H groups in total. The third-order valence-corrected chi connectivity index (χ3v) is 7.90. The average molecular weight is 652 g/mol. The lowest BCUT2D eigenvalue weighted by Crippen LogP contribution is -2.25. The lowest BCUT2D eigenvalue weighted by molar-refractivity contribution is 0.0997. The number of para-hydroxylation sites is 1. The van der Waals surface area contributed by atoms with E-state index in [-0.39, 0.29) is 33.8 Å². The van der Waals surface area contributed by atoms with Crippen molar-refractivity contribution in [3.8, 4) is 23.0 Å². The molecule has 0 spiro atoms. The summed E-state index contributed by atoms with van der Waals surface area (Å²) in [5.74, 6) is -0.283. The highest BCUT2D eigenvalue weighted by Gasteiger charge is 2.21. The van der Waals surface area contributed by atoms with Crippen LogP contribution in [-0.2, 0) is 13.0 Å². The standard InChI is InChI=1S/C37H37N3O8/c1-5-40(22-24-12-15-29(41)32(18-24)45-2)17-16-23-10-13-25(14-11-23)38-36(43)27-19-33(46-3)34(47-4)20-28(27)39-37(44)35-21-30(42)26-8-6-7-9-31(26)48-35/h6-15,18-21,41H,5,16-17,22H2,1-4H3,(H,38,43)(H,39,44). The van der Waals surface area contributed by atoms with Crippen LogP contribution in [0.4, 0.5) is 11.4 Å². The number of carbonyl (C=O) groups is 2. The molecule has 11 nitrogen and oxygen atoms in total. The van der Waals surface area contributed by atoms with E-state index >= 15 is 0 Å². The molecule has 48 heavy (non-hydrogen) atoms. The minimum atomic E-state index is -0.714. The Bertz CT molecular complexity index is 1990. The third-order valence-electron chi connectivity index (χ3n) is 7.90. The second-order valence-electron chi connectivity index (χ2n) is 11.0. The summed E-state index contributed by atoms with van der Waals surface area (Å²) in [6, 6.07) is 23.6. The van der Waals surface area contributed by atoms with E-state index in [1.165, 1.54) is 33.5 Å². The van der Waals surface area contributed by atoms with Gasteiger partial charge in [0.25, 0.3) is 11.8 Å². The number of nitrogens with zero attached hydrogens (tertiary/aromatic N) is 1. The van der Waals surface area contributed by atoms with Gasteiger partial charge in [-0.25, -0.2) is 0 Å². The lowest BCUT2D eigenvalue weighted by Gasteiger charge is -2.21. The van der Waals surface area contributed by atoms with Crippen LogP contribution in [-0.4, -0.2) is 56.2 Å². The number of likely N-dealkylation sites (N-methyl/N-ethyl adjacent to an activating group) is 1. The van der Waals surface area contributed by atoms with Gasteiger partial charge in [0.15, 0.2) is 34.2 Å². The van der Waals surface area contributed by atoms with Gasteiger partial charge in [-0.15, -0.1) is 0 Å². The van der Waals surface area contributed by atoms with E-state index in [9.17, 15) is 19.5 Å². The van der Waals surface area contributed by atoms with E-state index in [1.807, 2.05) is 36.4 Å². The maximum atomic E-state index is 13.6. The van der Waals surface area contributed by atoms with E-state index in [0.717, 1.165) is 36.7 Å². The minimum absolute atomic E-state index is 0.109. The first kappa shape index (κ1) is 33.6. The Labute approximate surface area is 277 Å². The molecule has 11 heteroatoms. The van der Waals surface area contributed by atoms with Crippen LogP contribution in [0.3, 0.4) is 0 Å². The normalized spacial score (nSPS) is 10.9. The van der Waals surface area contributed by atoms with Crippen LogP contribution in [0.2, 0.25) is 0 Å². The van der Waals surface area contributed by atoms with E-state index in [2.05, 4.69) is 22.5 Å². The number of ether oxygens (including phenoxy) is 3. The van der Waals surface area contributed by atoms with Crippen molar-refractivity contribution in [3.05, 3.63) is 118 Å². The molecular formula is C37H37N3O8. The number of hydrogen-bond acceptors (Lipinski definition) is 9. The zero-order chi connectivity index (χ0) is 34.2. The number of fused-ring (bicyclic) bond motifs is 1. The van der Waals surface area contributed by atoms with E-state index in [0.29, 0.717) is 34.9 Å². The zero-order valence-electron chi connectivity index (χ0n) is 27.2. The highest BCUT2D eigenvalue weighted by atomic mass is 16.5. The van der Waals surface area contributed by atoms with Crippen LogP contribution < -0.4 is 30.3 Å². The van der Waals surface area contributed by atoms with Crippen molar-refractivity contribution in [1.82, 2.24) is 4.90 Å². The van der Waals surface area contributed by atoms with E-state index in [4.69, 9.17) is 18.6 Å². The molecule has 0 bridgehead atoms. The Balaban J connectivity index is 1.29. The molecule has 0 atom stereocenters. The summed E-state index contributed by atoms with van der Waals surface area (Å²) in [7, 11) is 4.42. The van der Waals surface area contributed by atoms with Crippen LogP contribution in [0, 0.1) is 0 Å². The van der Waals surface area contributed by atoms with E-state index < -0.39 is 11.8 Å². The van der Waals surface area contributed by atoms with Crippen molar-refractivity contribution < 1.29 is 33.3 Å². The SMILES string of the molecule is CCN(CCc1ccc(NC(=O)c2cc(OC)c(OC)cc2NC(=O)c2cc(=O)c3ccccc3o2)cc1)Cc1ccc(O)c(OC)c1. The second kappa shape index (κ2) is 15.2. The van der Waals surface area contributed by atoms with Crippen molar-refractivity contribution in [2.75, 3.05) is 45.1 Å². The molecule has 248 valence electrons. The Hall–Kier alpha value is -5.81. The van der Waals surface area contributed by atoms with Crippen molar-refractivity contribution >= 4 is 34.2 Å². The summed E-state index contributed by atoms with van der Waals surface area (Å²) in [6.45, 7) is 4.45. The quantitative estimate of drug-likeness (QED) is 0.138. The van der Waals surface area contributed by atoms with Crippen molar-refractivity contribution in [2.45, 2.75) is 19.9 Å². The third kappa shape index (κ3) is 7.76. The number of benzene rings is 4. The van der Waals surface area contributed by atoms with Gasteiger partial charge in [-0.1, -0.05) is 37.3 Å². The molecule has 0 saturated heterocycles. The van der Waals surface area contributed by atoms with Gasteiger partial charge >= 0.3 is 0 Å². The topological polar surface area (TPSA) is 140 Å². The summed E-state index contributed by atoms with van der Waals surface area (Å²) < 4.78 is 21.7. The summed E-state index contributed by atoms with van der Waals surface area (Å²) in [4.78, 5) is 41.7. The van der Waals surface area contributed by atoms with Gasteiger partial charge in [0.1, 0.15) is 5.58 Å². The number of amides is 2. The number of phenolic OH excluding ortho intramolecular Hbond substituents is 1. The molecule has 5 rings (SSSR count). The molecule has 1 heterocycles. The maximum Gasteiger partial charge on any atom is 0.291 e. The largest absolute Gasteiger partial charge is 0.504 e. The first-order valence-corrected chi connectivity index (χ1v) is 15.3. The number of rotatable bonds is 13. The summed E-state index contributed by atoms with van der Waals surface area (Å²) in [6.07, 6.45) is 0.786. The molecule has 0 saturated carbocycles. The van der Waals surface area contributed by atoms with Crippen LogP contribution in [0.5, 0.6) is 23.0 Å². The molecule has 0 unspecified atom stereocenters. The van der Waals surface area contributed by atoms with Gasteiger partial charge in [0.2, 0.25) is 0 Å². The first-order valence-electron chi connectivity index (χ1n) is 15.3. The molecule has 0 fully saturated rings. The highest BCUT2D eigenvalue weighted by Crippen LogP contribution is 2.34. The van der Waals surface area contributed by atoms with Crippen LogP contribution in [0.1, 0.15) is 39.0 Å². The summed E-state index contributed by atoms with van der Waals surface area (Å²) >= 11 is 0. The smallest absolute Gasteiger partial charge is 0.291 e. The molecule has 0 radical (unpaired) electrons. The number of nitrogens with one attached hydrogen (secondary N) is 2. The monoisotopic (exact) mass is 651 g/mol. The van der Waals surface area contributed by atoms with Gasteiger partial charge in [0.05, 0.1) is 38.0 Å². The van der Waals surface area contributed by atoms with Crippen molar-refractivity contribution in [2.24, 2.45) is 0 Å². The minimum Gasteiger partial charge on any atom is -0.504 e. The maximum absolute atomic E-state index is 13.6. The predicted molar refractivity (Wildman–Crippen MR) is 184 cm³/mol. The second-order valence-corrected chi connectivity index (χ2v) is 11.0. The van der Waals surface area contributed by atoms with Gasteiger partial charge < -0.3 is 34.4 Å². The number of anilines is 2. The van der Waals surface area contributed by atoms with Gasteiger partial charge in [-0.05, 0) is 66.6 Å². The van der Waals surface area contributed by atoms with Crippen molar-refractivity contribution in [3.63, 3.8) is 0 Å². The summed E-state index contributed by atoms with van der Waals surface area (Å²) in [5, 5.41) is 15.8.